The van der Waals surface area contributed by atoms with Crippen LogP contribution in [0.3, 0.4) is 0 Å². The molecule has 2 rings (SSSR count). The van der Waals surface area contributed by atoms with Crippen LogP contribution in [-0.2, 0) is 7.05 Å². The van der Waals surface area contributed by atoms with Crippen molar-refractivity contribution in [3.05, 3.63) is 52.1 Å². The van der Waals surface area contributed by atoms with Gasteiger partial charge in [0, 0.05) is 23.9 Å². The lowest BCUT2D eigenvalue weighted by molar-refractivity contribution is 0.595. The lowest BCUT2D eigenvalue weighted by atomic mass is 9.94. The van der Waals surface area contributed by atoms with E-state index in [2.05, 4.69) is 5.10 Å². The van der Waals surface area contributed by atoms with E-state index in [0.717, 1.165) is 22.4 Å². The molecule has 1 atom stereocenters. The minimum atomic E-state index is -0.473. The van der Waals surface area contributed by atoms with Crippen LogP contribution in [0.15, 0.2) is 18.3 Å². The molecule has 0 radical (unpaired) electrons. The number of halogens is 1. The fraction of sp³-hybridized carbons (Fsp3) is 0.357. The van der Waals surface area contributed by atoms with Gasteiger partial charge < -0.3 is 5.73 Å². The maximum absolute atomic E-state index is 14.1. The first-order chi connectivity index (χ1) is 8.41. The first-order valence-corrected chi connectivity index (χ1v) is 5.92. The molecular weight excluding hydrogens is 229 g/mol. The molecule has 0 saturated heterocycles. The number of aryl methyl sites for hydroxylation is 3. The Morgan fingerprint density at radius 3 is 2.44 bits per heavy atom. The van der Waals surface area contributed by atoms with Crippen molar-refractivity contribution in [2.75, 3.05) is 0 Å². The second-order valence-electron chi connectivity index (χ2n) is 4.76. The number of rotatable bonds is 2. The summed E-state index contributed by atoms with van der Waals surface area (Å²) < 4.78 is 15.8. The largest absolute Gasteiger partial charge is 0.320 e. The third-order valence-corrected chi connectivity index (χ3v) is 3.40. The van der Waals surface area contributed by atoms with Crippen molar-refractivity contribution < 1.29 is 4.39 Å². The summed E-state index contributed by atoms with van der Waals surface area (Å²) in [4.78, 5) is 0. The van der Waals surface area contributed by atoms with Crippen molar-refractivity contribution in [3.63, 3.8) is 0 Å². The van der Waals surface area contributed by atoms with Crippen molar-refractivity contribution in [1.29, 1.82) is 0 Å². The van der Waals surface area contributed by atoms with Crippen molar-refractivity contribution in [3.8, 4) is 0 Å². The van der Waals surface area contributed by atoms with Crippen molar-refractivity contribution >= 4 is 0 Å². The summed E-state index contributed by atoms with van der Waals surface area (Å²) in [5, 5.41) is 4.15. The van der Waals surface area contributed by atoms with E-state index >= 15 is 0 Å². The zero-order valence-electron chi connectivity index (χ0n) is 11.2. The third-order valence-electron chi connectivity index (χ3n) is 3.40. The molecule has 0 aliphatic rings. The molecule has 1 aromatic carbocycles. The zero-order valence-corrected chi connectivity index (χ0v) is 11.2. The predicted molar refractivity (Wildman–Crippen MR) is 69.8 cm³/mol. The maximum Gasteiger partial charge on any atom is 0.128 e. The normalized spacial score (nSPS) is 12.8. The number of hydrogen-bond acceptors (Lipinski definition) is 2. The second kappa shape index (κ2) is 4.53. The molecule has 0 fully saturated rings. The molecule has 0 aliphatic carbocycles. The fourth-order valence-corrected chi connectivity index (χ4v) is 2.30. The molecule has 3 nitrogen and oxygen atoms in total. The summed E-state index contributed by atoms with van der Waals surface area (Å²) in [6.45, 7) is 5.70. The molecule has 1 heterocycles. The molecule has 0 amide bonds. The first-order valence-electron chi connectivity index (χ1n) is 5.92. The zero-order chi connectivity index (χ0) is 13.4. The van der Waals surface area contributed by atoms with Gasteiger partial charge in [0.1, 0.15) is 5.82 Å². The summed E-state index contributed by atoms with van der Waals surface area (Å²) in [5.41, 5.74) is 10.4. The van der Waals surface area contributed by atoms with E-state index < -0.39 is 6.04 Å². The van der Waals surface area contributed by atoms with Crippen LogP contribution < -0.4 is 5.73 Å². The highest BCUT2D eigenvalue weighted by Crippen LogP contribution is 2.27. The van der Waals surface area contributed by atoms with Gasteiger partial charge in [-0.3, -0.25) is 4.68 Å². The summed E-state index contributed by atoms with van der Waals surface area (Å²) in [7, 11) is 1.85. The van der Waals surface area contributed by atoms with E-state index in [1.165, 1.54) is 6.07 Å². The van der Waals surface area contributed by atoms with E-state index in [1.807, 2.05) is 33.9 Å². The van der Waals surface area contributed by atoms with Crippen LogP contribution in [0.25, 0.3) is 0 Å². The number of hydrogen-bond donors (Lipinski definition) is 1. The van der Waals surface area contributed by atoms with Crippen molar-refractivity contribution in [2.24, 2.45) is 12.8 Å². The highest BCUT2D eigenvalue weighted by atomic mass is 19.1. The molecule has 4 heteroatoms. The lowest BCUT2D eigenvalue weighted by Gasteiger charge is -2.16. The number of nitrogens with zero attached hydrogens (tertiary/aromatic N) is 2. The number of benzene rings is 1. The molecule has 18 heavy (non-hydrogen) atoms. The molecule has 2 aromatic rings. The molecule has 0 spiro atoms. The van der Waals surface area contributed by atoms with Crippen LogP contribution in [0.1, 0.15) is 34.0 Å². The average molecular weight is 247 g/mol. The molecule has 96 valence electrons. The molecule has 0 saturated carbocycles. The van der Waals surface area contributed by atoms with Crippen LogP contribution in [0.5, 0.6) is 0 Å². The summed E-state index contributed by atoms with van der Waals surface area (Å²) >= 11 is 0. The molecular formula is C14H18FN3. The predicted octanol–water partition coefficient (Wildman–Crippen LogP) is 2.53. The molecule has 2 N–H and O–H groups in total. The Bertz CT molecular complexity index is 564. The van der Waals surface area contributed by atoms with Gasteiger partial charge in [0.2, 0.25) is 0 Å². The van der Waals surface area contributed by atoms with E-state index in [9.17, 15) is 4.39 Å². The lowest BCUT2D eigenvalue weighted by Crippen LogP contribution is -2.16. The van der Waals surface area contributed by atoms with Gasteiger partial charge in [0.15, 0.2) is 0 Å². The van der Waals surface area contributed by atoms with Gasteiger partial charge in [0.25, 0.3) is 0 Å². The molecule has 1 aromatic heterocycles. The SMILES string of the molecule is Cc1cc(C)c(C(N)c2cnn(C)c2C)c(F)c1. The summed E-state index contributed by atoms with van der Waals surface area (Å²) in [6.07, 6.45) is 1.71. The van der Waals surface area contributed by atoms with Crippen LogP contribution in [0.2, 0.25) is 0 Å². The highest BCUT2D eigenvalue weighted by molar-refractivity contribution is 5.40. The van der Waals surface area contributed by atoms with E-state index in [1.54, 1.807) is 10.9 Å². The Morgan fingerprint density at radius 1 is 1.28 bits per heavy atom. The fourth-order valence-electron chi connectivity index (χ4n) is 2.30. The van der Waals surface area contributed by atoms with Crippen LogP contribution >= 0.6 is 0 Å². The summed E-state index contributed by atoms with van der Waals surface area (Å²) in [5.74, 6) is -0.247. The van der Waals surface area contributed by atoms with Crippen molar-refractivity contribution in [1.82, 2.24) is 9.78 Å². The quantitative estimate of drug-likeness (QED) is 0.886. The van der Waals surface area contributed by atoms with Gasteiger partial charge in [-0.25, -0.2) is 4.39 Å². The van der Waals surface area contributed by atoms with Gasteiger partial charge >= 0.3 is 0 Å². The standard InChI is InChI=1S/C14H18FN3/c1-8-5-9(2)13(12(15)6-8)14(16)11-7-17-18(4)10(11)3/h5-7,14H,16H2,1-4H3. The highest BCUT2D eigenvalue weighted by Gasteiger charge is 2.20. The van der Waals surface area contributed by atoms with Crippen molar-refractivity contribution in [2.45, 2.75) is 26.8 Å². The number of nitrogens with two attached hydrogens (primary N) is 1. The summed E-state index contributed by atoms with van der Waals surface area (Å²) in [6, 6.07) is 3.00. The van der Waals surface area contributed by atoms with Gasteiger partial charge in [0.05, 0.1) is 12.2 Å². The third kappa shape index (κ3) is 2.04. The average Bonchev–Trinajstić information content (AvgIpc) is 2.58. The second-order valence-corrected chi connectivity index (χ2v) is 4.76. The van der Waals surface area contributed by atoms with Crippen LogP contribution in [0, 0.1) is 26.6 Å². The van der Waals surface area contributed by atoms with Gasteiger partial charge in [-0.15, -0.1) is 0 Å². The Kier molecular flexibility index (Phi) is 3.22. The van der Waals surface area contributed by atoms with Gasteiger partial charge in [-0.05, 0) is 38.0 Å². The minimum absolute atomic E-state index is 0.247. The Labute approximate surface area is 106 Å². The monoisotopic (exact) mass is 247 g/mol. The maximum atomic E-state index is 14.1. The van der Waals surface area contributed by atoms with E-state index in [-0.39, 0.29) is 5.82 Å². The van der Waals surface area contributed by atoms with E-state index in [0.29, 0.717) is 5.56 Å². The molecule has 1 unspecified atom stereocenters. The first kappa shape index (κ1) is 12.8. The molecule has 0 aliphatic heterocycles. The minimum Gasteiger partial charge on any atom is -0.320 e. The molecule has 0 bridgehead atoms. The van der Waals surface area contributed by atoms with Crippen LogP contribution in [-0.4, -0.2) is 9.78 Å². The Morgan fingerprint density at radius 2 is 1.94 bits per heavy atom. The van der Waals surface area contributed by atoms with Gasteiger partial charge in [-0.1, -0.05) is 6.07 Å². The topological polar surface area (TPSA) is 43.8 Å². The number of aromatic nitrogens is 2. The van der Waals surface area contributed by atoms with Crippen LogP contribution in [0.4, 0.5) is 4.39 Å². The van der Waals surface area contributed by atoms with Gasteiger partial charge in [-0.2, -0.15) is 5.10 Å². The Balaban J connectivity index is 2.53. The Hall–Kier alpha value is -1.68. The smallest absolute Gasteiger partial charge is 0.128 e. The van der Waals surface area contributed by atoms with E-state index in [4.69, 9.17) is 5.73 Å².